The van der Waals surface area contributed by atoms with Crippen molar-refractivity contribution in [3.63, 3.8) is 0 Å². The van der Waals surface area contributed by atoms with Crippen molar-refractivity contribution in [2.45, 2.75) is 50.3 Å². The molecule has 2 saturated heterocycles. The van der Waals surface area contributed by atoms with Gasteiger partial charge in [0.15, 0.2) is 0 Å². The number of nitrogens with zero attached hydrogens (tertiary/aromatic N) is 1. The number of rotatable bonds is 1. The highest BCUT2D eigenvalue weighted by atomic mass is 16.6. The number of ether oxygens (including phenoxy) is 2. The second-order valence-corrected chi connectivity index (χ2v) is 6.31. The van der Waals surface area contributed by atoms with Crippen LogP contribution in [0, 0.1) is 0 Å². The van der Waals surface area contributed by atoms with Crippen LogP contribution in [-0.4, -0.2) is 47.3 Å². The van der Waals surface area contributed by atoms with Gasteiger partial charge in [-0.05, 0) is 20.8 Å². The molecule has 0 radical (unpaired) electrons. The molecule has 18 heavy (non-hydrogen) atoms. The van der Waals surface area contributed by atoms with Gasteiger partial charge in [0.1, 0.15) is 11.1 Å². The van der Waals surface area contributed by atoms with Crippen LogP contribution in [-0.2, 0) is 14.3 Å². The van der Waals surface area contributed by atoms with Gasteiger partial charge in [-0.2, -0.15) is 0 Å². The van der Waals surface area contributed by atoms with Gasteiger partial charge < -0.3 is 15.2 Å². The van der Waals surface area contributed by atoms with E-state index in [1.807, 2.05) is 0 Å². The highest BCUT2D eigenvalue weighted by Crippen LogP contribution is 2.52. The lowest BCUT2D eigenvalue weighted by atomic mass is 9.68. The minimum atomic E-state index is -0.911. The molecule has 2 aliphatic heterocycles. The smallest absolute Gasteiger partial charge is 0.411 e. The Morgan fingerprint density at radius 3 is 2.28 bits per heavy atom. The zero-order valence-electron chi connectivity index (χ0n) is 11.3. The van der Waals surface area contributed by atoms with Gasteiger partial charge in [0.2, 0.25) is 0 Å². The number of fused-ring (bicyclic) bond motifs is 1. The molecule has 0 spiro atoms. The van der Waals surface area contributed by atoms with Crippen LogP contribution >= 0.6 is 0 Å². The van der Waals surface area contributed by atoms with Gasteiger partial charge >= 0.3 is 12.1 Å². The minimum Gasteiger partial charge on any atom is -0.467 e. The largest absolute Gasteiger partial charge is 0.467 e. The standard InChI is InChI=1S/C12H20N2O4/c1-10(2,3)18-9(16)14-7-11(13)5-12(14,6-11)8(15)17-4/h5-7,13H2,1-4H3. The molecular weight excluding hydrogens is 236 g/mol. The van der Waals surface area contributed by atoms with Crippen molar-refractivity contribution in [1.29, 1.82) is 0 Å². The lowest BCUT2D eigenvalue weighted by molar-refractivity contribution is -0.156. The average molecular weight is 256 g/mol. The minimum absolute atomic E-state index is 0.344. The van der Waals surface area contributed by atoms with Crippen LogP contribution in [0.15, 0.2) is 0 Å². The van der Waals surface area contributed by atoms with Gasteiger partial charge in [-0.25, -0.2) is 9.59 Å². The predicted octanol–water partition coefficient (Wildman–Crippen LogP) is 0.640. The zero-order valence-corrected chi connectivity index (χ0v) is 11.3. The fourth-order valence-corrected chi connectivity index (χ4v) is 2.88. The van der Waals surface area contributed by atoms with Crippen molar-refractivity contribution >= 4 is 12.1 Å². The number of carbonyl (C=O) groups excluding carboxylic acids is 2. The summed E-state index contributed by atoms with van der Waals surface area (Å²) in [5.41, 5.74) is 4.08. The van der Waals surface area contributed by atoms with E-state index in [4.69, 9.17) is 15.2 Å². The van der Waals surface area contributed by atoms with E-state index in [0.717, 1.165) is 0 Å². The van der Waals surface area contributed by atoms with Crippen molar-refractivity contribution in [2.75, 3.05) is 13.7 Å². The summed E-state index contributed by atoms with van der Waals surface area (Å²) in [5.74, 6) is -0.410. The van der Waals surface area contributed by atoms with Crippen LogP contribution in [0.2, 0.25) is 0 Å². The van der Waals surface area contributed by atoms with E-state index in [2.05, 4.69) is 0 Å². The first-order chi connectivity index (χ1) is 8.12. The normalized spacial score (nSPS) is 33.9. The maximum Gasteiger partial charge on any atom is 0.411 e. The van der Waals surface area contributed by atoms with Crippen molar-refractivity contribution in [3.05, 3.63) is 0 Å². The Kier molecular flexibility index (Phi) is 2.63. The molecule has 1 amide bonds. The van der Waals surface area contributed by atoms with E-state index >= 15 is 0 Å². The molecule has 6 nitrogen and oxygen atoms in total. The summed E-state index contributed by atoms with van der Waals surface area (Å²) in [6.07, 6.45) is 0.399. The molecule has 0 atom stereocenters. The molecule has 2 bridgehead atoms. The Labute approximate surface area is 106 Å². The van der Waals surface area contributed by atoms with E-state index in [0.29, 0.717) is 19.4 Å². The molecule has 0 aromatic rings. The lowest BCUT2D eigenvalue weighted by Gasteiger charge is -2.43. The molecule has 3 fully saturated rings. The summed E-state index contributed by atoms with van der Waals surface area (Å²) >= 11 is 0. The summed E-state index contributed by atoms with van der Waals surface area (Å²) in [4.78, 5) is 25.4. The van der Waals surface area contributed by atoms with Gasteiger partial charge in [-0.3, -0.25) is 4.90 Å². The quantitative estimate of drug-likeness (QED) is 0.696. The number of methoxy groups -OCH3 is 1. The third-order valence-electron chi connectivity index (χ3n) is 3.46. The van der Waals surface area contributed by atoms with Crippen molar-refractivity contribution in [1.82, 2.24) is 4.90 Å². The molecule has 3 rings (SSSR count). The van der Waals surface area contributed by atoms with Gasteiger partial charge in [-0.1, -0.05) is 0 Å². The number of carbonyl (C=O) groups is 2. The molecule has 1 aliphatic carbocycles. The number of hydrogen-bond acceptors (Lipinski definition) is 5. The Morgan fingerprint density at radius 2 is 1.83 bits per heavy atom. The summed E-state index contributed by atoms with van der Waals surface area (Å²) in [5, 5.41) is 0. The van der Waals surface area contributed by atoms with Gasteiger partial charge in [0, 0.05) is 24.9 Å². The molecular formula is C12H20N2O4. The van der Waals surface area contributed by atoms with Crippen LogP contribution in [0.1, 0.15) is 33.6 Å². The summed E-state index contributed by atoms with van der Waals surface area (Å²) in [6, 6.07) is 0. The van der Waals surface area contributed by atoms with Gasteiger partial charge in [0.05, 0.1) is 7.11 Å². The monoisotopic (exact) mass is 256 g/mol. The highest BCUT2D eigenvalue weighted by Gasteiger charge is 2.70. The second-order valence-electron chi connectivity index (χ2n) is 6.31. The first-order valence-electron chi connectivity index (χ1n) is 6.00. The van der Waals surface area contributed by atoms with Crippen molar-refractivity contribution in [2.24, 2.45) is 5.73 Å². The second kappa shape index (κ2) is 3.60. The Morgan fingerprint density at radius 1 is 1.28 bits per heavy atom. The maximum absolute atomic E-state index is 12.1. The van der Waals surface area contributed by atoms with Crippen molar-refractivity contribution in [3.8, 4) is 0 Å². The first kappa shape index (κ1) is 13.1. The average Bonchev–Trinajstić information content (AvgIpc) is 2.63. The van der Waals surface area contributed by atoms with Crippen LogP contribution in [0.5, 0.6) is 0 Å². The fraction of sp³-hybridized carbons (Fsp3) is 0.833. The number of hydrogen-bond donors (Lipinski definition) is 1. The molecule has 0 unspecified atom stereocenters. The summed E-state index contributed by atoms with van der Waals surface area (Å²) < 4.78 is 10.1. The zero-order chi connectivity index (χ0) is 13.8. The SMILES string of the molecule is COC(=O)C12CC(N)(CN1C(=O)OC(C)(C)C)C2. The topological polar surface area (TPSA) is 81.9 Å². The number of nitrogens with two attached hydrogens (primary N) is 1. The van der Waals surface area contributed by atoms with E-state index in [-0.39, 0.29) is 0 Å². The fourth-order valence-electron chi connectivity index (χ4n) is 2.88. The van der Waals surface area contributed by atoms with Crippen LogP contribution < -0.4 is 5.73 Å². The van der Waals surface area contributed by atoms with E-state index in [1.54, 1.807) is 20.8 Å². The van der Waals surface area contributed by atoms with E-state index < -0.39 is 28.7 Å². The Hall–Kier alpha value is -1.30. The summed E-state index contributed by atoms with van der Waals surface area (Å²) in [6.45, 7) is 5.70. The molecule has 2 N–H and O–H groups in total. The molecule has 102 valence electrons. The number of esters is 1. The molecule has 6 heteroatoms. The summed E-state index contributed by atoms with van der Waals surface area (Å²) in [7, 11) is 1.32. The Bertz CT molecular complexity index is 393. The van der Waals surface area contributed by atoms with Gasteiger partial charge in [-0.15, -0.1) is 0 Å². The van der Waals surface area contributed by atoms with Crippen LogP contribution in [0.3, 0.4) is 0 Å². The third-order valence-corrected chi connectivity index (χ3v) is 3.46. The molecule has 2 heterocycles. The lowest BCUT2D eigenvalue weighted by Crippen LogP contribution is -2.62. The van der Waals surface area contributed by atoms with Gasteiger partial charge in [0.25, 0.3) is 0 Å². The number of amides is 1. The van der Waals surface area contributed by atoms with Crippen LogP contribution in [0.25, 0.3) is 0 Å². The van der Waals surface area contributed by atoms with Crippen LogP contribution in [0.4, 0.5) is 4.79 Å². The van der Waals surface area contributed by atoms with Crippen molar-refractivity contribution < 1.29 is 19.1 Å². The van der Waals surface area contributed by atoms with E-state index in [9.17, 15) is 9.59 Å². The first-order valence-corrected chi connectivity index (χ1v) is 6.00. The third kappa shape index (κ3) is 1.84. The highest BCUT2D eigenvalue weighted by molar-refractivity contribution is 5.89. The Balaban J connectivity index is 2.18. The molecule has 3 aliphatic rings. The molecule has 1 saturated carbocycles. The molecule has 0 aromatic carbocycles. The molecule has 0 aromatic heterocycles. The maximum atomic E-state index is 12.1. The predicted molar refractivity (Wildman–Crippen MR) is 63.8 cm³/mol. The van der Waals surface area contributed by atoms with E-state index in [1.165, 1.54) is 12.0 Å².